The summed E-state index contributed by atoms with van der Waals surface area (Å²) in [6.45, 7) is 6.34. The van der Waals surface area contributed by atoms with Crippen LogP contribution in [-0.2, 0) is 27.2 Å². The number of carboxylic acid groups (broad SMARTS) is 2. The molecular formula is C37H48F6N4O8. The maximum atomic E-state index is 13.4. The third kappa shape index (κ3) is 17.4. The molecule has 0 atom stereocenters. The molecule has 12 nitrogen and oxygen atoms in total. The van der Waals surface area contributed by atoms with Crippen LogP contribution in [0.1, 0.15) is 63.0 Å². The van der Waals surface area contributed by atoms with E-state index in [4.69, 9.17) is 24.5 Å². The third-order valence-corrected chi connectivity index (χ3v) is 8.45. The molecule has 1 saturated carbocycles. The number of carbonyl (C=O) groups is 3. The smallest absolute Gasteiger partial charge is 0.490 e. The minimum absolute atomic E-state index is 0.0808. The van der Waals surface area contributed by atoms with E-state index < -0.39 is 24.3 Å². The van der Waals surface area contributed by atoms with Crippen LogP contribution in [0.5, 0.6) is 11.5 Å². The highest BCUT2D eigenvalue weighted by atomic mass is 19.4. The Hall–Kier alpha value is -4.84. The van der Waals surface area contributed by atoms with E-state index in [-0.39, 0.29) is 17.2 Å². The van der Waals surface area contributed by atoms with Gasteiger partial charge in [-0.1, -0.05) is 43.9 Å². The van der Waals surface area contributed by atoms with E-state index in [1.54, 1.807) is 12.1 Å². The summed E-state index contributed by atoms with van der Waals surface area (Å²) < 4.78 is 69.1. The van der Waals surface area contributed by atoms with Gasteiger partial charge in [0.15, 0.2) is 0 Å². The molecular weight excluding hydrogens is 742 g/mol. The van der Waals surface area contributed by atoms with Gasteiger partial charge in [-0.05, 0) is 81.1 Å². The number of carboxylic acids is 2. The van der Waals surface area contributed by atoms with Crippen molar-refractivity contribution in [3.8, 4) is 11.5 Å². The predicted octanol–water partition coefficient (Wildman–Crippen LogP) is 5.80. The van der Waals surface area contributed by atoms with Crippen LogP contribution in [0.2, 0.25) is 0 Å². The zero-order chi connectivity index (χ0) is 41.0. The van der Waals surface area contributed by atoms with Gasteiger partial charge in [-0.25, -0.2) is 9.59 Å². The minimum atomic E-state index is -5.08. The van der Waals surface area contributed by atoms with Crippen LogP contribution in [-0.4, -0.2) is 101 Å². The topological polar surface area (TPSA) is 181 Å². The van der Waals surface area contributed by atoms with E-state index in [1.807, 2.05) is 25.1 Å². The van der Waals surface area contributed by atoms with E-state index >= 15 is 0 Å². The van der Waals surface area contributed by atoms with Gasteiger partial charge >= 0.3 is 24.3 Å². The number of rotatable bonds is 15. The number of aromatic nitrogens is 1. The lowest BCUT2D eigenvalue weighted by Crippen LogP contribution is -2.45. The normalized spacial score (nSPS) is 13.4. The number of carbonyl (C=O) groups excluding carboxylic acids is 1. The Morgan fingerprint density at radius 1 is 0.836 bits per heavy atom. The fraction of sp³-hybridized carbons (Fsp3) is 0.514. The number of benzene rings is 2. The Morgan fingerprint density at radius 2 is 1.44 bits per heavy atom. The number of pyridine rings is 1. The first kappa shape index (κ1) is 46.3. The first-order valence-electron chi connectivity index (χ1n) is 17.8. The Kier molecular flexibility index (Phi) is 19.5. The number of nitrogens with one attached hydrogen (secondary N) is 3. The predicted molar refractivity (Wildman–Crippen MR) is 192 cm³/mol. The second-order valence-electron chi connectivity index (χ2n) is 12.5. The lowest BCUT2D eigenvalue weighted by Gasteiger charge is -2.32. The maximum Gasteiger partial charge on any atom is 0.490 e. The molecule has 0 unspecified atom stereocenters. The number of aromatic hydroxyl groups is 1. The number of aliphatic carboxylic acids is 2. The maximum absolute atomic E-state index is 13.4. The van der Waals surface area contributed by atoms with Gasteiger partial charge in [-0.2, -0.15) is 26.3 Å². The summed E-state index contributed by atoms with van der Waals surface area (Å²) in [5, 5.41) is 32.2. The number of ether oxygens (including phenoxy) is 1. The first-order valence-corrected chi connectivity index (χ1v) is 17.8. The highest BCUT2D eigenvalue weighted by molar-refractivity contribution is 5.87. The van der Waals surface area contributed by atoms with Crippen LogP contribution in [0.25, 0.3) is 10.9 Å². The largest absolute Gasteiger partial charge is 0.506 e. The first-order chi connectivity index (χ1) is 25.9. The van der Waals surface area contributed by atoms with Crippen LogP contribution in [0, 0.1) is 0 Å². The molecule has 18 heteroatoms. The van der Waals surface area contributed by atoms with Crippen molar-refractivity contribution in [3.05, 3.63) is 70.0 Å². The number of hydrogen-bond donors (Lipinski definition) is 6. The van der Waals surface area contributed by atoms with Crippen LogP contribution >= 0.6 is 0 Å². The van der Waals surface area contributed by atoms with Gasteiger partial charge in [0, 0.05) is 43.5 Å². The number of halogens is 6. The van der Waals surface area contributed by atoms with Crippen LogP contribution < -0.4 is 20.9 Å². The molecule has 0 radical (unpaired) electrons. The molecule has 1 aromatic heterocycles. The summed E-state index contributed by atoms with van der Waals surface area (Å²) in [6, 6.07) is 15.3. The van der Waals surface area contributed by atoms with Crippen molar-refractivity contribution in [2.45, 2.75) is 83.1 Å². The monoisotopic (exact) mass is 790 g/mol. The van der Waals surface area contributed by atoms with Crippen molar-refractivity contribution in [2.75, 3.05) is 39.3 Å². The summed E-state index contributed by atoms with van der Waals surface area (Å²) in [5.41, 5.74) is 2.55. The van der Waals surface area contributed by atoms with Crippen molar-refractivity contribution >= 4 is 28.7 Å². The molecule has 1 heterocycles. The van der Waals surface area contributed by atoms with Gasteiger partial charge in [0.25, 0.3) is 0 Å². The van der Waals surface area contributed by atoms with Gasteiger partial charge in [0.1, 0.15) is 11.5 Å². The zero-order valence-electron chi connectivity index (χ0n) is 30.4. The van der Waals surface area contributed by atoms with Crippen molar-refractivity contribution in [1.82, 2.24) is 20.5 Å². The average molecular weight is 791 g/mol. The average Bonchev–Trinajstić information content (AvgIpc) is 3.40. The SMILES string of the molecule is CCOc1cccc(CCNCCC(=O)N(CCNCCc2ccc(O)c3[nH]c(=O)ccc23)C2CCCCCC2)c1.O=C(O)C(F)(F)F.O=C(O)C(F)(F)F. The van der Waals surface area contributed by atoms with E-state index in [9.17, 15) is 41.0 Å². The van der Waals surface area contributed by atoms with Crippen LogP contribution in [0.4, 0.5) is 26.3 Å². The Labute approximate surface area is 313 Å². The molecule has 3 aromatic rings. The molecule has 1 aliphatic rings. The minimum Gasteiger partial charge on any atom is -0.506 e. The summed E-state index contributed by atoms with van der Waals surface area (Å²) in [4.78, 5) is 47.7. The van der Waals surface area contributed by atoms with E-state index in [1.165, 1.54) is 37.3 Å². The van der Waals surface area contributed by atoms with E-state index in [2.05, 4.69) is 32.7 Å². The highest BCUT2D eigenvalue weighted by Gasteiger charge is 2.39. The Balaban J connectivity index is 0.000000633. The van der Waals surface area contributed by atoms with Gasteiger partial charge in [0.05, 0.1) is 12.1 Å². The standard InChI is InChI=1S/C33H46N4O4.2C2HF3O2/c1-2-41-28-11-7-8-25(24-28)16-19-34-21-18-32(40)37(27-9-5-3-4-6-10-27)23-22-35-20-17-26-12-14-30(38)33-29(26)13-15-31(39)36-33;2*3-2(4,5)1(6)7/h7-8,11-15,24,27,34-35,38H,2-6,9-10,16-23H2,1H3,(H,36,39);2*(H,6,7). The fourth-order valence-corrected chi connectivity index (χ4v) is 5.80. The van der Waals surface area contributed by atoms with Crippen molar-refractivity contribution in [1.29, 1.82) is 0 Å². The second-order valence-corrected chi connectivity index (χ2v) is 12.5. The lowest BCUT2D eigenvalue weighted by molar-refractivity contribution is -0.193. The number of phenols is 1. The van der Waals surface area contributed by atoms with Gasteiger partial charge in [-0.15, -0.1) is 0 Å². The molecule has 4 rings (SSSR count). The lowest BCUT2D eigenvalue weighted by atomic mass is 10.0. The van der Waals surface area contributed by atoms with Crippen LogP contribution in [0.3, 0.4) is 0 Å². The second kappa shape index (κ2) is 23.2. The molecule has 1 amide bonds. The molecule has 55 heavy (non-hydrogen) atoms. The molecule has 1 aliphatic carbocycles. The molecule has 0 spiro atoms. The van der Waals surface area contributed by atoms with Crippen molar-refractivity contribution in [3.63, 3.8) is 0 Å². The van der Waals surface area contributed by atoms with Crippen molar-refractivity contribution in [2.24, 2.45) is 0 Å². The van der Waals surface area contributed by atoms with Gasteiger partial charge in [-0.3, -0.25) is 9.59 Å². The zero-order valence-corrected chi connectivity index (χ0v) is 30.4. The fourth-order valence-electron chi connectivity index (χ4n) is 5.80. The number of alkyl halides is 6. The van der Waals surface area contributed by atoms with Crippen molar-refractivity contribution < 1.29 is 60.8 Å². The Bertz CT molecular complexity index is 1690. The molecule has 306 valence electrons. The molecule has 2 aromatic carbocycles. The quantitative estimate of drug-likeness (QED) is 0.0626. The van der Waals surface area contributed by atoms with Crippen LogP contribution in [0.15, 0.2) is 53.3 Å². The number of aromatic amines is 1. The number of phenolic OH excluding ortho intramolecular Hbond substituents is 1. The highest BCUT2D eigenvalue weighted by Crippen LogP contribution is 2.25. The number of nitrogens with zero attached hydrogens (tertiary/aromatic N) is 1. The number of fused-ring (bicyclic) bond motifs is 1. The summed E-state index contributed by atoms with van der Waals surface area (Å²) >= 11 is 0. The summed E-state index contributed by atoms with van der Waals surface area (Å²) in [7, 11) is 0. The van der Waals surface area contributed by atoms with Gasteiger partial charge in [0.2, 0.25) is 11.5 Å². The molecule has 0 bridgehead atoms. The number of H-pyrrole nitrogens is 1. The number of amides is 1. The van der Waals surface area contributed by atoms with E-state index in [0.29, 0.717) is 37.7 Å². The third-order valence-electron chi connectivity index (χ3n) is 8.45. The summed E-state index contributed by atoms with van der Waals surface area (Å²) in [6.07, 6.45) is -0.917. The summed E-state index contributed by atoms with van der Waals surface area (Å²) in [5.74, 6) is -4.30. The van der Waals surface area contributed by atoms with E-state index in [0.717, 1.165) is 62.0 Å². The molecule has 0 aliphatic heterocycles. The molecule has 6 N–H and O–H groups in total. The molecule has 1 fully saturated rings. The number of hydrogen-bond acceptors (Lipinski definition) is 8. The Morgan fingerprint density at radius 3 is 2.04 bits per heavy atom. The van der Waals surface area contributed by atoms with Gasteiger partial charge < -0.3 is 40.6 Å². The molecule has 0 saturated heterocycles.